The minimum absolute atomic E-state index is 0.256. The van der Waals surface area contributed by atoms with Gasteiger partial charge in [0.2, 0.25) is 0 Å². The molecule has 0 saturated heterocycles. The Morgan fingerprint density at radius 1 is 1.57 bits per heavy atom. The van der Waals surface area contributed by atoms with Gasteiger partial charge >= 0.3 is 0 Å². The first kappa shape index (κ1) is 9.76. The monoisotopic (exact) mass is 225 g/mol. The molecule has 1 unspecified atom stereocenters. The number of aromatic nitrogens is 2. The van der Waals surface area contributed by atoms with Crippen LogP contribution in [0.2, 0.25) is 0 Å². The molecule has 0 radical (unpaired) electrons. The summed E-state index contributed by atoms with van der Waals surface area (Å²) in [6.07, 6.45) is 1.83. The Hall–Kier alpha value is -0.780. The number of nitrogens with zero attached hydrogens (tertiary/aromatic N) is 2. The van der Waals surface area contributed by atoms with Crippen LogP contribution < -0.4 is 5.32 Å². The molecule has 14 heavy (non-hydrogen) atoms. The third kappa shape index (κ3) is 2.00. The molecule has 2 aromatic rings. The third-order valence-electron chi connectivity index (χ3n) is 1.95. The molecular weight excluding hydrogens is 214 g/mol. The van der Waals surface area contributed by atoms with Crippen LogP contribution in [-0.2, 0) is 0 Å². The molecule has 74 valence electrons. The molecule has 2 aromatic heterocycles. The van der Waals surface area contributed by atoms with Crippen LogP contribution in [-0.4, -0.2) is 16.1 Å². The maximum atomic E-state index is 3.89. The SMILES string of the molecule is CCNC(c1ccsc1)c1cnns1. The highest BCUT2D eigenvalue weighted by Crippen LogP contribution is 2.25. The second-order valence-corrected chi connectivity index (χ2v) is 4.46. The maximum absolute atomic E-state index is 3.89. The Morgan fingerprint density at radius 3 is 3.07 bits per heavy atom. The lowest BCUT2D eigenvalue weighted by Gasteiger charge is -2.13. The molecule has 1 N–H and O–H groups in total. The van der Waals surface area contributed by atoms with E-state index < -0.39 is 0 Å². The third-order valence-corrected chi connectivity index (χ3v) is 3.38. The lowest BCUT2D eigenvalue weighted by atomic mass is 10.1. The van der Waals surface area contributed by atoms with Crippen LogP contribution in [0.3, 0.4) is 0 Å². The fourth-order valence-electron chi connectivity index (χ4n) is 1.33. The quantitative estimate of drug-likeness (QED) is 0.867. The van der Waals surface area contributed by atoms with Gasteiger partial charge in [-0.1, -0.05) is 11.4 Å². The highest BCUT2D eigenvalue weighted by molar-refractivity contribution is 7.08. The van der Waals surface area contributed by atoms with Crippen molar-refractivity contribution in [3.8, 4) is 0 Å². The zero-order valence-electron chi connectivity index (χ0n) is 7.80. The molecule has 0 aliphatic carbocycles. The lowest BCUT2D eigenvalue weighted by Crippen LogP contribution is -2.20. The first-order chi connectivity index (χ1) is 6.92. The van der Waals surface area contributed by atoms with Gasteiger partial charge in [0.25, 0.3) is 0 Å². The van der Waals surface area contributed by atoms with E-state index >= 15 is 0 Å². The second-order valence-electron chi connectivity index (χ2n) is 2.87. The van der Waals surface area contributed by atoms with E-state index in [0.29, 0.717) is 0 Å². The van der Waals surface area contributed by atoms with Gasteiger partial charge in [0.05, 0.1) is 17.1 Å². The predicted octanol–water partition coefficient (Wildman–Crippen LogP) is 2.30. The van der Waals surface area contributed by atoms with E-state index in [1.54, 1.807) is 11.3 Å². The van der Waals surface area contributed by atoms with Gasteiger partial charge in [-0.3, -0.25) is 0 Å². The molecule has 0 aliphatic rings. The van der Waals surface area contributed by atoms with Gasteiger partial charge in [0.1, 0.15) is 0 Å². The van der Waals surface area contributed by atoms with Gasteiger partial charge in [-0.15, -0.1) is 5.10 Å². The van der Waals surface area contributed by atoms with E-state index in [0.717, 1.165) is 6.54 Å². The van der Waals surface area contributed by atoms with Crippen LogP contribution in [0, 0.1) is 0 Å². The number of hydrogen-bond donors (Lipinski definition) is 1. The number of thiophene rings is 1. The van der Waals surface area contributed by atoms with Crippen LogP contribution in [0.25, 0.3) is 0 Å². The smallest absolute Gasteiger partial charge is 0.0711 e. The normalized spacial score (nSPS) is 12.9. The molecule has 0 aliphatic heterocycles. The summed E-state index contributed by atoms with van der Waals surface area (Å²) in [5, 5.41) is 11.5. The van der Waals surface area contributed by atoms with Crippen LogP contribution in [0.1, 0.15) is 23.4 Å². The topological polar surface area (TPSA) is 37.8 Å². The van der Waals surface area contributed by atoms with Crippen LogP contribution in [0.5, 0.6) is 0 Å². The van der Waals surface area contributed by atoms with Gasteiger partial charge in [0, 0.05) is 0 Å². The Bertz CT molecular complexity index is 321. The molecule has 2 rings (SSSR count). The lowest BCUT2D eigenvalue weighted by molar-refractivity contribution is 0.640. The van der Waals surface area contributed by atoms with Gasteiger partial charge in [-0.05, 0) is 40.5 Å². The number of hydrogen-bond acceptors (Lipinski definition) is 5. The Balaban J connectivity index is 2.25. The van der Waals surface area contributed by atoms with Crippen LogP contribution >= 0.6 is 22.9 Å². The van der Waals surface area contributed by atoms with E-state index in [4.69, 9.17) is 0 Å². The Labute approximate surface area is 91.0 Å². The van der Waals surface area contributed by atoms with Crippen molar-refractivity contribution in [3.63, 3.8) is 0 Å². The minimum Gasteiger partial charge on any atom is -0.306 e. The summed E-state index contributed by atoms with van der Waals surface area (Å²) in [5.74, 6) is 0. The summed E-state index contributed by atoms with van der Waals surface area (Å²) < 4.78 is 3.89. The molecule has 0 aromatic carbocycles. The van der Waals surface area contributed by atoms with E-state index in [1.807, 2.05) is 6.20 Å². The van der Waals surface area contributed by atoms with Gasteiger partial charge in [-0.25, -0.2) is 0 Å². The first-order valence-electron chi connectivity index (χ1n) is 4.44. The zero-order chi connectivity index (χ0) is 9.80. The average molecular weight is 225 g/mol. The largest absolute Gasteiger partial charge is 0.306 e. The number of nitrogens with one attached hydrogen (secondary N) is 1. The molecule has 3 nitrogen and oxygen atoms in total. The van der Waals surface area contributed by atoms with Crippen molar-refractivity contribution in [2.24, 2.45) is 0 Å². The summed E-state index contributed by atoms with van der Waals surface area (Å²) in [6, 6.07) is 2.39. The van der Waals surface area contributed by atoms with Crippen molar-refractivity contribution in [2.75, 3.05) is 6.54 Å². The highest BCUT2D eigenvalue weighted by atomic mass is 32.1. The molecule has 1 atom stereocenters. The fraction of sp³-hybridized carbons (Fsp3) is 0.333. The van der Waals surface area contributed by atoms with Crippen LogP contribution in [0.4, 0.5) is 0 Å². The van der Waals surface area contributed by atoms with Gasteiger partial charge in [0.15, 0.2) is 0 Å². The molecular formula is C9H11N3S2. The van der Waals surface area contributed by atoms with Crippen molar-refractivity contribution in [1.82, 2.24) is 14.9 Å². The molecule has 0 amide bonds. The predicted molar refractivity (Wildman–Crippen MR) is 59.7 cm³/mol. The van der Waals surface area contributed by atoms with E-state index in [9.17, 15) is 0 Å². The maximum Gasteiger partial charge on any atom is 0.0711 e. The first-order valence-corrected chi connectivity index (χ1v) is 6.16. The summed E-state index contributed by atoms with van der Waals surface area (Å²) in [5.41, 5.74) is 1.29. The van der Waals surface area contributed by atoms with Crippen LogP contribution in [0.15, 0.2) is 23.0 Å². The second kappa shape index (κ2) is 4.63. The standard InChI is InChI=1S/C9H11N3S2/c1-2-10-9(7-3-4-13-6-7)8-5-11-12-14-8/h3-6,9-10H,2H2,1H3. The number of rotatable bonds is 4. The molecule has 0 fully saturated rings. The fourth-order valence-corrected chi connectivity index (χ4v) is 2.62. The van der Waals surface area contributed by atoms with Crippen molar-refractivity contribution >= 4 is 22.9 Å². The molecule has 2 heterocycles. The van der Waals surface area contributed by atoms with E-state index in [2.05, 4.69) is 38.7 Å². The van der Waals surface area contributed by atoms with Crippen molar-refractivity contribution < 1.29 is 0 Å². The Kier molecular flexibility index (Phi) is 3.23. The highest BCUT2D eigenvalue weighted by Gasteiger charge is 2.15. The van der Waals surface area contributed by atoms with Crippen molar-refractivity contribution in [3.05, 3.63) is 33.5 Å². The molecule has 0 spiro atoms. The summed E-state index contributed by atoms with van der Waals surface area (Å²) in [6.45, 7) is 3.05. The summed E-state index contributed by atoms with van der Waals surface area (Å²) in [7, 11) is 0. The Morgan fingerprint density at radius 2 is 2.50 bits per heavy atom. The van der Waals surface area contributed by atoms with Crippen molar-refractivity contribution in [1.29, 1.82) is 0 Å². The van der Waals surface area contributed by atoms with E-state index in [1.165, 1.54) is 22.0 Å². The molecule has 0 saturated carbocycles. The summed E-state index contributed by atoms with van der Waals surface area (Å²) >= 11 is 3.17. The average Bonchev–Trinajstić information content (AvgIpc) is 2.87. The molecule has 0 bridgehead atoms. The van der Waals surface area contributed by atoms with Crippen molar-refractivity contribution in [2.45, 2.75) is 13.0 Å². The van der Waals surface area contributed by atoms with E-state index in [-0.39, 0.29) is 6.04 Å². The van der Waals surface area contributed by atoms with Gasteiger partial charge < -0.3 is 5.32 Å². The summed E-state index contributed by atoms with van der Waals surface area (Å²) in [4.78, 5) is 1.17. The van der Waals surface area contributed by atoms with Gasteiger partial charge in [-0.2, -0.15) is 11.3 Å². The zero-order valence-corrected chi connectivity index (χ0v) is 9.44. The minimum atomic E-state index is 0.256. The molecule has 5 heteroatoms.